The quantitative estimate of drug-likeness (QED) is 0.876. The summed E-state index contributed by atoms with van der Waals surface area (Å²) in [4.78, 5) is 0. The highest BCUT2D eigenvalue weighted by atomic mass is 16.5. The monoisotopic (exact) mass is 302 g/mol. The molecule has 122 valence electrons. The molecule has 1 aromatic carbocycles. The molecule has 0 unspecified atom stereocenters. The average molecular weight is 302 g/mol. The Morgan fingerprint density at radius 1 is 0.909 bits per heavy atom. The van der Waals surface area contributed by atoms with Gasteiger partial charge in [-0.3, -0.25) is 0 Å². The SMILES string of the molecule is N[C@@H]1CCCC[C@H]1N[C@@H]1CCCC[C@@H]1OCc1ccccc1. The highest BCUT2D eigenvalue weighted by molar-refractivity contribution is 5.13. The van der Waals surface area contributed by atoms with Crippen LogP contribution in [0.15, 0.2) is 30.3 Å². The third-order valence-electron chi connectivity index (χ3n) is 5.26. The first-order valence-electron chi connectivity index (χ1n) is 9.00. The molecule has 3 rings (SSSR count). The molecular formula is C19H30N2O. The summed E-state index contributed by atoms with van der Waals surface area (Å²) < 4.78 is 6.26. The molecule has 1 aromatic rings. The van der Waals surface area contributed by atoms with E-state index in [1.165, 1.54) is 56.9 Å². The highest BCUT2D eigenvalue weighted by Crippen LogP contribution is 2.25. The molecule has 3 nitrogen and oxygen atoms in total. The van der Waals surface area contributed by atoms with Crippen molar-refractivity contribution in [3.63, 3.8) is 0 Å². The van der Waals surface area contributed by atoms with Gasteiger partial charge in [-0.1, -0.05) is 56.0 Å². The highest BCUT2D eigenvalue weighted by Gasteiger charge is 2.30. The summed E-state index contributed by atoms with van der Waals surface area (Å²) in [6, 6.07) is 11.8. The number of hydrogen-bond donors (Lipinski definition) is 2. The van der Waals surface area contributed by atoms with Crippen molar-refractivity contribution in [2.45, 2.75) is 82.2 Å². The molecule has 0 radical (unpaired) electrons. The lowest BCUT2D eigenvalue weighted by molar-refractivity contribution is -0.0102. The third kappa shape index (κ3) is 4.31. The summed E-state index contributed by atoms with van der Waals surface area (Å²) in [5, 5.41) is 3.84. The number of nitrogens with one attached hydrogen (secondary N) is 1. The van der Waals surface area contributed by atoms with Crippen LogP contribution >= 0.6 is 0 Å². The average Bonchev–Trinajstić information content (AvgIpc) is 2.57. The number of hydrogen-bond acceptors (Lipinski definition) is 3. The topological polar surface area (TPSA) is 47.3 Å². The van der Waals surface area contributed by atoms with Crippen LogP contribution in [0.1, 0.15) is 56.9 Å². The van der Waals surface area contributed by atoms with Crippen LogP contribution in [0.5, 0.6) is 0 Å². The molecule has 3 heteroatoms. The summed E-state index contributed by atoms with van der Waals surface area (Å²) in [6.45, 7) is 0.723. The van der Waals surface area contributed by atoms with E-state index in [1.807, 2.05) is 0 Å². The molecule has 0 saturated heterocycles. The Morgan fingerprint density at radius 2 is 1.59 bits per heavy atom. The summed E-state index contributed by atoms with van der Waals surface area (Å²) in [6.07, 6.45) is 10.3. The molecule has 22 heavy (non-hydrogen) atoms. The minimum Gasteiger partial charge on any atom is -0.372 e. The van der Waals surface area contributed by atoms with Gasteiger partial charge in [0.2, 0.25) is 0 Å². The van der Waals surface area contributed by atoms with E-state index in [0.717, 1.165) is 6.61 Å². The van der Waals surface area contributed by atoms with Crippen molar-refractivity contribution in [2.75, 3.05) is 0 Å². The summed E-state index contributed by atoms with van der Waals surface area (Å²) in [5.74, 6) is 0. The van der Waals surface area contributed by atoms with Crippen LogP contribution in [-0.4, -0.2) is 24.2 Å². The molecule has 2 aliphatic rings. The zero-order valence-electron chi connectivity index (χ0n) is 13.5. The predicted molar refractivity (Wildman–Crippen MR) is 90.6 cm³/mol. The van der Waals surface area contributed by atoms with E-state index in [4.69, 9.17) is 10.5 Å². The maximum atomic E-state index is 6.30. The van der Waals surface area contributed by atoms with Crippen molar-refractivity contribution in [2.24, 2.45) is 5.73 Å². The van der Waals surface area contributed by atoms with E-state index in [0.29, 0.717) is 24.2 Å². The predicted octanol–water partition coefficient (Wildman–Crippen LogP) is 3.37. The molecule has 0 spiro atoms. The molecule has 0 aliphatic heterocycles. The van der Waals surface area contributed by atoms with Gasteiger partial charge in [0.1, 0.15) is 0 Å². The van der Waals surface area contributed by atoms with Gasteiger partial charge in [0.05, 0.1) is 12.7 Å². The molecule has 0 heterocycles. The van der Waals surface area contributed by atoms with E-state index >= 15 is 0 Å². The molecule has 2 aliphatic carbocycles. The van der Waals surface area contributed by atoms with Crippen LogP contribution in [-0.2, 0) is 11.3 Å². The van der Waals surface area contributed by atoms with E-state index in [9.17, 15) is 0 Å². The van der Waals surface area contributed by atoms with Crippen LogP contribution in [0, 0.1) is 0 Å². The van der Waals surface area contributed by atoms with Crippen LogP contribution < -0.4 is 11.1 Å². The molecule has 2 fully saturated rings. The fourth-order valence-corrected chi connectivity index (χ4v) is 3.91. The van der Waals surface area contributed by atoms with Gasteiger partial charge in [0.25, 0.3) is 0 Å². The maximum absolute atomic E-state index is 6.30. The first-order valence-corrected chi connectivity index (χ1v) is 9.00. The molecular weight excluding hydrogens is 272 g/mol. The van der Waals surface area contributed by atoms with Crippen molar-refractivity contribution >= 4 is 0 Å². The Balaban J connectivity index is 1.54. The van der Waals surface area contributed by atoms with E-state index in [-0.39, 0.29) is 0 Å². The second-order valence-electron chi connectivity index (χ2n) is 6.95. The molecule has 2 saturated carbocycles. The van der Waals surface area contributed by atoms with Crippen LogP contribution in [0.3, 0.4) is 0 Å². The summed E-state index contributed by atoms with van der Waals surface area (Å²) >= 11 is 0. The number of nitrogens with two attached hydrogens (primary N) is 1. The van der Waals surface area contributed by atoms with Crippen molar-refractivity contribution in [3.05, 3.63) is 35.9 Å². The van der Waals surface area contributed by atoms with Gasteiger partial charge in [0.15, 0.2) is 0 Å². The lowest BCUT2D eigenvalue weighted by Crippen LogP contribution is -2.55. The van der Waals surface area contributed by atoms with Crippen LogP contribution in [0.4, 0.5) is 0 Å². The van der Waals surface area contributed by atoms with Gasteiger partial charge in [-0.2, -0.15) is 0 Å². The molecule has 4 atom stereocenters. The van der Waals surface area contributed by atoms with Crippen molar-refractivity contribution in [1.82, 2.24) is 5.32 Å². The Bertz CT molecular complexity index is 436. The number of benzene rings is 1. The minimum atomic E-state index is 0.324. The Kier molecular flexibility index (Phi) is 5.88. The standard InChI is InChI=1S/C19H30N2O/c20-16-10-4-5-11-17(16)21-18-12-6-7-13-19(18)22-14-15-8-2-1-3-9-15/h1-3,8-9,16-19,21H,4-7,10-14,20H2/t16-,17-,18-,19+/m1/s1. The van der Waals surface area contributed by atoms with Gasteiger partial charge in [-0.25, -0.2) is 0 Å². The Labute approximate surface area is 134 Å². The molecule has 0 bridgehead atoms. The normalized spacial score (nSPS) is 32.8. The number of ether oxygens (including phenoxy) is 1. The van der Waals surface area contributed by atoms with E-state index in [2.05, 4.69) is 35.6 Å². The fourth-order valence-electron chi connectivity index (χ4n) is 3.91. The van der Waals surface area contributed by atoms with Gasteiger partial charge >= 0.3 is 0 Å². The largest absolute Gasteiger partial charge is 0.372 e. The molecule has 3 N–H and O–H groups in total. The van der Waals surface area contributed by atoms with Crippen molar-refractivity contribution in [3.8, 4) is 0 Å². The molecule has 0 aromatic heterocycles. The smallest absolute Gasteiger partial charge is 0.0732 e. The van der Waals surface area contributed by atoms with Crippen LogP contribution in [0.25, 0.3) is 0 Å². The first-order chi connectivity index (χ1) is 10.8. The maximum Gasteiger partial charge on any atom is 0.0732 e. The second-order valence-corrected chi connectivity index (χ2v) is 6.95. The zero-order valence-corrected chi connectivity index (χ0v) is 13.5. The van der Waals surface area contributed by atoms with Gasteiger partial charge in [0, 0.05) is 18.1 Å². The van der Waals surface area contributed by atoms with Gasteiger partial charge in [-0.15, -0.1) is 0 Å². The van der Waals surface area contributed by atoms with E-state index < -0.39 is 0 Å². The lowest BCUT2D eigenvalue weighted by atomic mass is 9.87. The Morgan fingerprint density at radius 3 is 2.36 bits per heavy atom. The summed E-state index contributed by atoms with van der Waals surface area (Å²) in [5.41, 5.74) is 7.57. The van der Waals surface area contributed by atoms with Gasteiger partial charge < -0.3 is 15.8 Å². The van der Waals surface area contributed by atoms with E-state index in [1.54, 1.807) is 0 Å². The van der Waals surface area contributed by atoms with Crippen molar-refractivity contribution < 1.29 is 4.74 Å². The van der Waals surface area contributed by atoms with Gasteiger partial charge in [-0.05, 0) is 31.2 Å². The lowest BCUT2D eigenvalue weighted by Gasteiger charge is -2.38. The Hall–Kier alpha value is -0.900. The summed E-state index contributed by atoms with van der Waals surface area (Å²) in [7, 11) is 0. The van der Waals surface area contributed by atoms with Crippen molar-refractivity contribution in [1.29, 1.82) is 0 Å². The minimum absolute atomic E-state index is 0.324. The second kappa shape index (κ2) is 8.09. The fraction of sp³-hybridized carbons (Fsp3) is 0.684. The molecule has 0 amide bonds. The first kappa shape index (κ1) is 16.0. The third-order valence-corrected chi connectivity index (χ3v) is 5.26. The number of rotatable bonds is 5. The van der Waals surface area contributed by atoms with Crippen LogP contribution in [0.2, 0.25) is 0 Å². The zero-order chi connectivity index (χ0) is 15.2.